The van der Waals surface area contributed by atoms with Crippen molar-refractivity contribution >= 4 is 27.3 Å². The van der Waals surface area contributed by atoms with Gasteiger partial charge in [-0.25, -0.2) is 8.42 Å². The Kier molecular flexibility index (Phi) is 6.15. The molecular formula is C12H16ClNO3S. The van der Waals surface area contributed by atoms with Crippen molar-refractivity contribution in [3.63, 3.8) is 0 Å². The van der Waals surface area contributed by atoms with Crippen molar-refractivity contribution in [1.29, 1.82) is 0 Å². The normalized spacial score (nSPS) is 11.2. The quantitative estimate of drug-likeness (QED) is 0.612. The molecule has 0 radical (unpaired) electrons. The molecule has 18 heavy (non-hydrogen) atoms. The highest BCUT2D eigenvalue weighted by molar-refractivity contribution is 7.91. The second kappa shape index (κ2) is 7.38. The summed E-state index contributed by atoms with van der Waals surface area (Å²) in [6.07, 6.45) is 0.651. The molecule has 1 aromatic carbocycles. The molecule has 0 fully saturated rings. The Labute approximate surface area is 112 Å². The first-order chi connectivity index (χ1) is 8.56. The summed E-state index contributed by atoms with van der Waals surface area (Å²) in [6.45, 7) is 0.480. The van der Waals surface area contributed by atoms with Gasteiger partial charge in [0.05, 0.1) is 10.6 Å². The maximum absolute atomic E-state index is 11.9. The highest BCUT2D eigenvalue weighted by Crippen LogP contribution is 2.10. The average Bonchev–Trinajstić information content (AvgIpc) is 2.38. The van der Waals surface area contributed by atoms with Crippen LogP contribution in [0.3, 0.4) is 0 Å². The summed E-state index contributed by atoms with van der Waals surface area (Å²) in [6, 6.07) is 8.13. The lowest BCUT2D eigenvalue weighted by Crippen LogP contribution is -2.26. The molecule has 0 saturated carbocycles. The van der Waals surface area contributed by atoms with Gasteiger partial charge in [-0.3, -0.25) is 4.79 Å². The summed E-state index contributed by atoms with van der Waals surface area (Å²) in [5.74, 6) is 0.0337. The van der Waals surface area contributed by atoms with Crippen LogP contribution in [0.5, 0.6) is 0 Å². The molecule has 0 aliphatic rings. The van der Waals surface area contributed by atoms with Crippen molar-refractivity contribution < 1.29 is 13.2 Å². The lowest BCUT2D eigenvalue weighted by Gasteiger charge is -2.05. The Balaban J connectivity index is 2.46. The first-order valence-corrected chi connectivity index (χ1v) is 7.85. The number of benzene rings is 1. The Morgan fingerprint density at radius 1 is 1.22 bits per heavy atom. The number of rotatable bonds is 7. The predicted molar refractivity (Wildman–Crippen MR) is 71.5 cm³/mol. The first-order valence-electron chi connectivity index (χ1n) is 5.67. The van der Waals surface area contributed by atoms with Crippen molar-refractivity contribution in [2.45, 2.75) is 17.7 Å². The molecular weight excluding hydrogens is 274 g/mol. The van der Waals surface area contributed by atoms with Gasteiger partial charge in [-0.15, -0.1) is 11.6 Å². The minimum atomic E-state index is -3.37. The second-order valence-corrected chi connectivity index (χ2v) is 6.26. The van der Waals surface area contributed by atoms with Crippen LogP contribution in [-0.4, -0.2) is 32.5 Å². The maximum atomic E-state index is 11.9. The predicted octanol–water partition coefficient (Wildman–Crippen LogP) is 1.60. The molecule has 0 spiro atoms. The van der Waals surface area contributed by atoms with Gasteiger partial charge in [0.15, 0.2) is 9.84 Å². The van der Waals surface area contributed by atoms with Crippen molar-refractivity contribution in [2.75, 3.05) is 18.2 Å². The van der Waals surface area contributed by atoms with Gasteiger partial charge in [0.2, 0.25) is 5.91 Å². The second-order valence-electron chi connectivity index (χ2n) is 3.77. The summed E-state index contributed by atoms with van der Waals surface area (Å²) >= 11 is 5.47. The minimum Gasteiger partial charge on any atom is -0.356 e. The van der Waals surface area contributed by atoms with Gasteiger partial charge < -0.3 is 5.32 Å². The average molecular weight is 290 g/mol. The molecule has 1 amide bonds. The number of alkyl halides is 1. The number of halogens is 1. The fourth-order valence-electron chi connectivity index (χ4n) is 1.36. The molecule has 4 nitrogen and oxygen atoms in total. The number of hydrogen-bond donors (Lipinski definition) is 1. The fourth-order valence-corrected chi connectivity index (χ4v) is 2.75. The van der Waals surface area contributed by atoms with Gasteiger partial charge in [-0.1, -0.05) is 18.2 Å². The van der Waals surface area contributed by atoms with Gasteiger partial charge in [0, 0.05) is 18.8 Å². The van der Waals surface area contributed by atoms with Gasteiger partial charge in [-0.2, -0.15) is 0 Å². The van der Waals surface area contributed by atoms with Gasteiger partial charge in [-0.05, 0) is 18.6 Å². The molecule has 6 heteroatoms. The van der Waals surface area contributed by atoms with Crippen LogP contribution in [0, 0.1) is 0 Å². The smallest absolute Gasteiger partial charge is 0.221 e. The van der Waals surface area contributed by atoms with Crippen LogP contribution in [0.25, 0.3) is 0 Å². The Bertz CT molecular complexity index is 473. The van der Waals surface area contributed by atoms with Crippen molar-refractivity contribution in [1.82, 2.24) is 5.32 Å². The van der Waals surface area contributed by atoms with Crippen LogP contribution in [0.4, 0.5) is 0 Å². The van der Waals surface area contributed by atoms with Crippen LogP contribution in [0.1, 0.15) is 12.8 Å². The zero-order valence-corrected chi connectivity index (χ0v) is 11.5. The minimum absolute atomic E-state index is 0.0283. The summed E-state index contributed by atoms with van der Waals surface area (Å²) in [4.78, 5) is 11.6. The molecule has 0 bridgehead atoms. The van der Waals surface area contributed by atoms with Gasteiger partial charge >= 0.3 is 0 Å². The number of carbonyl (C=O) groups excluding carboxylic acids is 1. The molecule has 0 aromatic heterocycles. The molecule has 1 rings (SSSR count). The lowest BCUT2D eigenvalue weighted by atomic mass is 10.4. The third kappa shape index (κ3) is 5.06. The summed E-state index contributed by atoms with van der Waals surface area (Å²) in [7, 11) is -3.37. The Hall–Kier alpha value is -1.07. The first kappa shape index (κ1) is 15.0. The molecule has 0 heterocycles. The van der Waals surface area contributed by atoms with Crippen molar-refractivity contribution in [3.8, 4) is 0 Å². The van der Waals surface area contributed by atoms with E-state index in [9.17, 15) is 13.2 Å². The zero-order valence-electron chi connectivity index (χ0n) is 9.93. The third-order valence-electron chi connectivity index (χ3n) is 2.33. The van der Waals surface area contributed by atoms with Gasteiger partial charge in [0.1, 0.15) is 0 Å². The number of nitrogens with one attached hydrogen (secondary N) is 1. The van der Waals surface area contributed by atoms with E-state index in [1.54, 1.807) is 18.2 Å². The molecule has 0 aliphatic heterocycles. The molecule has 0 saturated heterocycles. The van der Waals surface area contributed by atoms with E-state index in [1.807, 2.05) is 0 Å². The number of carbonyl (C=O) groups is 1. The lowest BCUT2D eigenvalue weighted by molar-refractivity contribution is -0.120. The Morgan fingerprint density at radius 2 is 1.89 bits per heavy atom. The van der Waals surface area contributed by atoms with Crippen LogP contribution in [0.2, 0.25) is 0 Å². The highest BCUT2D eigenvalue weighted by Gasteiger charge is 2.15. The topological polar surface area (TPSA) is 63.2 Å². The van der Waals surface area contributed by atoms with Crippen LogP contribution >= 0.6 is 11.6 Å². The Morgan fingerprint density at radius 3 is 2.50 bits per heavy atom. The van der Waals surface area contributed by atoms with E-state index < -0.39 is 9.84 Å². The number of amides is 1. The van der Waals surface area contributed by atoms with Gasteiger partial charge in [0.25, 0.3) is 0 Å². The van der Waals surface area contributed by atoms with Crippen LogP contribution < -0.4 is 5.32 Å². The summed E-state index contributed by atoms with van der Waals surface area (Å²) in [5, 5.41) is 2.62. The van der Waals surface area contributed by atoms with E-state index in [4.69, 9.17) is 11.6 Å². The summed E-state index contributed by atoms with van der Waals surface area (Å²) < 4.78 is 23.7. The van der Waals surface area contributed by atoms with E-state index in [1.165, 1.54) is 12.1 Å². The van der Waals surface area contributed by atoms with E-state index >= 15 is 0 Å². The largest absolute Gasteiger partial charge is 0.356 e. The number of sulfone groups is 1. The van der Waals surface area contributed by atoms with E-state index in [-0.39, 0.29) is 23.0 Å². The maximum Gasteiger partial charge on any atom is 0.221 e. The van der Waals surface area contributed by atoms with E-state index in [2.05, 4.69) is 5.32 Å². The van der Waals surface area contributed by atoms with Crippen molar-refractivity contribution in [3.05, 3.63) is 30.3 Å². The van der Waals surface area contributed by atoms with Crippen LogP contribution in [-0.2, 0) is 14.6 Å². The third-order valence-corrected chi connectivity index (χ3v) is 4.33. The highest BCUT2D eigenvalue weighted by atomic mass is 35.5. The summed E-state index contributed by atoms with van der Waals surface area (Å²) in [5.41, 5.74) is 0. The SMILES string of the molecule is O=C(CCS(=O)(=O)c1ccccc1)NCCCCl. The monoisotopic (exact) mass is 289 g/mol. The zero-order chi connectivity index (χ0) is 13.4. The standard InChI is InChI=1S/C12H16ClNO3S/c13-8-4-9-14-12(15)7-10-18(16,17)11-5-2-1-3-6-11/h1-3,5-6H,4,7-10H2,(H,14,15). The fraction of sp³-hybridized carbons (Fsp3) is 0.417. The van der Waals surface area contributed by atoms with E-state index in [0.717, 1.165) is 0 Å². The molecule has 1 aromatic rings. The van der Waals surface area contributed by atoms with Crippen molar-refractivity contribution in [2.24, 2.45) is 0 Å². The van der Waals surface area contributed by atoms with E-state index in [0.29, 0.717) is 18.8 Å². The molecule has 0 unspecified atom stereocenters. The number of hydrogen-bond acceptors (Lipinski definition) is 3. The van der Waals surface area contributed by atoms with Crippen LogP contribution in [0.15, 0.2) is 35.2 Å². The molecule has 100 valence electrons. The molecule has 0 aliphatic carbocycles. The molecule has 0 atom stereocenters. The molecule has 1 N–H and O–H groups in total.